The molecule has 0 unspecified atom stereocenters. The number of rotatable bonds is 7. The minimum absolute atomic E-state index is 0.421. The molecule has 0 radical (unpaired) electrons. The van der Waals surface area contributed by atoms with Crippen LogP contribution in [0.4, 0.5) is 0 Å². The van der Waals surface area contributed by atoms with E-state index in [0.717, 1.165) is 22.9 Å². The van der Waals surface area contributed by atoms with Gasteiger partial charge in [0.2, 0.25) is 5.91 Å². The molecule has 29 heavy (non-hydrogen) atoms. The summed E-state index contributed by atoms with van der Waals surface area (Å²) in [5, 5.41) is 10.7. The van der Waals surface area contributed by atoms with Crippen molar-refractivity contribution in [2.45, 2.75) is 31.5 Å². The lowest BCUT2D eigenvalue weighted by atomic mass is 10.0. The lowest BCUT2D eigenvalue weighted by Gasteiger charge is -2.28. The van der Waals surface area contributed by atoms with Crippen molar-refractivity contribution in [3.8, 4) is 5.75 Å². The topological polar surface area (TPSA) is 109 Å². The Morgan fingerprint density at radius 1 is 1.24 bits per heavy atom. The van der Waals surface area contributed by atoms with Gasteiger partial charge in [0, 0.05) is 29.2 Å². The van der Waals surface area contributed by atoms with Gasteiger partial charge in [-0.15, -0.1) is 0 Å². The number of hydrogen-bond acceptors (Lipinski definition) is 4. The number of carbonyl (C=O) groups excluding carboxylic acids is 1. The van der Waals surface area contributed by atoms with E-state index >= 15 is 0 Å². The number of likely N-dealkylation sites (tertiary alicyclic amines) is 1. The summed E-state index contributed by atoms with van der Waals surface area (Å²) in [4.78, 5) is 28.8. The van der Waals surface area contributed by atoms with Gasteiger partial charge in [-0.2, -0.15) is 0 Å². The highest BCUT2D eigenvalue weighted by molar-refractivity contribution is 5.90. The summed E-state index contributed by atoms with van der Waals surface area (Å²) < 4.78 is 5.90. The van der Waals surface area contributed by atoms with Crippen molar-refractivity contribution < 1.29 is 19.4 Å². The van der Waals surface area contributed by atoms with Crippen molar-refractivity contribution in [2.24, 2.45) is 5.73 Å². The van der Waals surface area contributed by atoms with E-state index in [2.05, 4.69) is 4.98 Å². The normalized spacial score (nSPS) is 18.0. The number of aliphatic carboxylic acids is 1. The molecule has 1 aliphatic rings. The number of H-pyrrole nitrogens is 1. The molecule has 3 aromatic rings. The Bertz CT molecular complexity index is 1030. The molecule has 7 heteroatoms. The molecule has 0 bridgehead atoms. The second-order valence-corrected chi connectivity index (χ2v) is 7.26. The van der Waals surface area contributed by atoms with Crippen LogP contribution in [-0.2, 0) is 16.2 Å². The maximum atomic E-state index is 12.2. The van der Waals surface area contributed by atoms with Gasteiger partial charge in [0.15, 0.2) is 0 Å². The molecule has 2 heterocycles. The van der Waals surface area contributed by atoms with E-state index in [1.807, 2.05) is 48.5 Å². The largest absolute Gasteiger partial charge is 0.489 e. The number of carboxylic acid groups (broad SMARTS) is 1. The molecule has 4 N–H and O–H groups in total. The number of primary amides is 1. The minimum atomic E-state index is -1.00. The predicted molar refractivity (Wildman–Crippen MR) is 108 cm³/mol. The number of aromatic nitrogens is 1. The molecule has 0 aliphatic carbocycles. The maximum absolute atomic E-state index is 12.2. The Labute approximate surface area is 168 Å². The Hall–Kier alpha value is -3.32. The van der Waals surface area contributed by atoms with Gasteiger partial charge in [0.05, 0.1) is 6.04 Å². The molecule has 150 valence electrons. The van der Waals surface area contributed by atoms with Crippen molar-refractivity contribution in [2.75, 3.05) is 6.54 Å². The summed E-state index contributed by atoms with van der Waals surface area (Å²) in [6.07, 6.45) is 3.01. The molecule has 1 amide bonds. The van der Waals surface area contributed by atoms with Gasteiger partial charge in [-0.05, 0) is 36.6 Å². The third-order valence-electron chi connectivity index (χ3n) is 5.42. The third kappa shape index (κ3) is 3.82. The van der Waals surface area contributed by atoms with E-state index in [9.17, 15) is 14.7 Å². The van der Waals surface area contributed by atoms with Crippen molar-refractivity contribution in [3.63, 3.8) is 0 Å². The monoisotopic (exact) mass is 393 g/mol. The Balaban J connectivity index is 1.65. The average molecular weight is 393 g/mol. The summed E-state index contributed by atoms with van der Waals surface area (Å²) >= 11 is 0. The molecule has 1 saturated heterocycles. The summed E-state index contributed by atoms with van der Waals surface area (Å²) in [6.45, 7) is 0.936. The van der Waals surface area contributed by atoms with Crippen molar-refractivity contribution >= 4 is 22.8 Å². The van der Waals surface area contributed by atoms with Crippen LogP contribution in [0.2, 0.25) is 0 Å². The highest BCUT2D eigenvalue weighted by atomic mass is 16.5. The van der Waals surface area contributed by atoms with Gasteiger partial charge in [-0.25, -0.2) is 0 Å². The first kappa shape index (κ1) is 19.0. The summed E-state index contributed by atoms with van der Waals surface area (Å²) in [5.41, 5.74) is 7.97. The fraction of sp³-hybridized carbons (Fsp3) is 0.273. The molecular weight excluding hydrogens is 370 g/mol. The molecule has 0 saturated carbocycles. The number of fused-ring (bicyclic) bond motifs is 1. The van der Waals surface area contributed by atoms with Gasteiger partial charge < -0.3 is 20.6 Å². The second-order valence-electron chi connectivity index (χ2n) is 7.26. The zero-order valence-electron chi connectivity index (χ0n) is 15.9. The highest BCUT2D eigenvalue weighted by Crippen LogP contribution is 2.35. The average Bonchev–Trinajstić information content (AvgIpc) is 3.35. The molecule has 2 atom stereocenters. The lowest BCUT2D eigenvalue weighted by molar-refractivity contribution is -0.144. The van der Waals surface area contributed by atoms with Crippen LogP contribution >= 0.6 is 0 Å². The molecule has 4 rings (SSSR count). The summed E-state index contributed by atoms with van der Waals surface area (Å²) in [6, 6.07) is 13.9. The fourth-order valence-corrected chi connectivity index (χ4v) is 4.04. The first-order chi connectivity index (χ1) is 14.0. The van der Waals surface area contributed by atoms with Crippen LogP contribution in [0.25, 0.3) is 10.9 Å². The number of nitrogens with one attached hydrogen (secondary N) is 1. The first-order valence-corrected chi connectivity index (χ1v) is 9.60. The zero-order valence-corrected chi connectivity index (χ0v) is 15.9. The van der Waals surface area contributed by atoms with E-state index in [4.69, 9.17) is 10.5 Å². The second kappa shape index (κ2) is 7.97. The van der Waals surface area contributed by atoms with Gasteiger partial charge >= 0.3 is 5.97 Å². The molecule has 1 aromatic heterocycles. The first-order valence-electron chi connectivity index (χ1n) is 9.60. The lowest BCUT2D eigenvalue weighted by Crippen LogP contribution is -2.44. The molecule has 7 nitrogen and oxygen atoms in total. The molecule has 2 aromatic carbocycles. The van der Waals surface area contributed by atoms with Crippen LogP contribution < -0.4 is 10.5 Å². The predicted octanol–water partition coefficient (Wildman–Crippen LogP) is 2.82. The van der Waals surface area contributed by atoms with Crippen LogP contribution in [0.1, 0.15) is 30.0 Å². The van der Waals surface area contributed by atoms with E-state index in [0.29, 0.717) is 30.9 Å². The number of amides is 1. The zero-order chi connectivity index (χ0) is 20.4. The number of carboxylic acids is 1. The number of aromatic amines is 1. The van der Waals surface area contributed by atoms with E-state index in [1.165, 1.54) is 0 Å². The van der Waals surface area contributed by atoms with Crippen molar-refractivity contribution in [1.82, 2.24) is 9.88 Å². The fourth-order valence-electron chi connectivity index (χ4n) is 4.04. The quantitative estimate of drug-likeness (QED) is 0.572. The van der Waals surface area contributed by atoms with Crippen LogP contribution in [0.15, 0.2) is 54.7 Å². The van der Waals surface area contributed by atoms with Crippen molar-refractivity contribution in [3.05, 3.63) is 65.9 Å². The SMILES string of the molecule is NC(=O)[C@@H]1CCCN1[C@H](C(=O)O)c1c[nH]c2ccc(OCc3ccccc3)cc12. The maximum Gasteiger partial charge on any atom is 0.325 e. The van der Waals surface area contributed by atoms with Gasteiger partial charge in [-0.3, -0.25) is 14.5 Å². The van der Waals surface area contributed by atoms with Gasteiger partial charge in [-0.1, -0.05) is 30.3 Å². The Morgan fingerprint density at radius 3 is 2.76 bits per heavy atom. The minimum Gasteiger partial charge on any atom is -0.489 e. The number of nitrogens with two attached hydrogens (primary N) is 1. The van der Waals surface area contributed by atoms with Crippen LogP contribution in [-0.4, -0.2) is 39.5 Å². The molecular formula is C22H23N3O4. The summed E-state index contributed by atoms with van der Waals surface area (Å²) in [7, 11) is 0. The number of benzene rings is 2. The van der Waals surface area contributed by atoms with E-state index < -0.39 is 24.0 Å². The molecule has 1 aliphatic heterocycles. The van der Waals surface area contributed by atoms with Gasteiger partial charge in [0.25, 0.3) is 0 Å². The number of ether oxygens (including phenoxy) is 1. The van der Waals surface area contributed by atoms with Crippen LogP contribution in [0.5, 0.6) is 5.75 Å². The number of carbonyl (C=O) groups is 2. The van der Waals surface area contributed by atoms with Crippen LogP contribution in [0, 0.1) is 0 Å². The van der Waals surface area contributed by atoms with Crippen LogP contribution in [0.3, 0.4) is 0 Å². The van der Waals surface area contributed by atoms with E-state index in [1.54, 1.807) is 11.1 Å². The standard InChI is InChI=1S/C22H23N3O4/c23-21(26)19-7-4-10-25(19)20(22(27)28)17-12-24-18-9-8-15(11-16(17)18)29-13-14-5-2-1-3-6-14/h1-3,5-6,8-9,11-12,19-20,24H,4,7,10,13H2,(H2,23,26)(H,27,28)/t19-,20-/m0/s1. The van der Waals surface area contributed by atoms with E-state index in [-0.39, 0.29) is 0 Å². The van der Waals surface area contributed by atoms with Crippen molar-refractivity contribution in [1.29, 1.82) is 0 Å². The summed E-state index contributed by atoms with van der Waals surface area (Å²) in [5.74, 6) is -0.839. The highest BCUT2D eigenvalue weighted by Gasteiger charge is 2.39. The molecule has 0 spiro atoms. The third-order valence-corrected chi connectivity index (χ3v) is 5.42. The number of nitrogens with zero attached hydrogens (tertiary/aromatic N) is 1. The molecule has 1 fully saturated rings. The Kier molecular flexibility index (Phi) is 5.22. The Morgan fingerprint density at radius 2 is 2.03 bits per heavy atom. The number of hydrogen-bond donors (Lipinski definition) is 3. The van der Waals surface area contributed by atoms with Gasteiger partial charge in [0.1, 0.15) is 18.4 Å². The smallest absolute Gasteiger partial charge is 0.325 e.